The van der Waals surface area contributed by atoms with Crippen molar-refractivity contribution in [3.63, 3.8) is 0 Å². The number of hydrogen-bond donors (Lipinski definition) is 0. The van der Waals surface area contributed by atoms with Crippen molar-refractivity contribution >= 4 is 63.8 Å². The van der Waals surface area contributed by atoms with Gasteiger partial charge in [0.25, 0.3) is 0 Å². The fraction of sp³-hybridized carbons (Fsp3) is 0. The maximum Gasteiger partial charge on any atom is 0.0434 e. The lowest BCUT2D eigenvalue weighted by atomic mass is 9.83. The number of thiophene rings is 1. The summed E-state index contributed by atoms with van der Waals surface area (Å²) in [6, 6.07) is 57.9. The monoisotopic (exact) mass is 562 g/mol. The van der Waals surface area contributed by atoms with E-state index in [-0.39, 0.29) is 0 Å². The molecule has 0 saturated heterocycles. The highest BCUT2D eigenvalue weighted by Crippen LogP contribution is 2.49. The molecule has 0 fully saturated rings. The van der Waals surface area contributed by atoms with Crippen molar-refractivity contribution < 1.29 is 0 Å². The van der Waals surface area contributed by atoms with Gasteiger partial charge in [-0.25, -0.2) is 0 Å². The van der Waals surface area contributed by atoms with Gasteiger partial charge < -0.3 is 0 Å². The second kappa shape index (κ2) is 9.66. The summed E-state index contributed by atoms with van der Waals surface area (Å²) in [4.78, 5) is 0. The Labute approximate surface area is 254 Å². The van der Waals surface area contributed by atoms with E-state index in [2.05, 4.69) is 158 Å². The van der Waals surface area contributed by atoms with Crippen LogP contribution in [0.5, 0.6) is 0 Å². The molecule has 0 bridgehead atoms. The highest BCUT2D eigenvalue weighted by molar-refractivity contribution is 7.26. The first-order chi connectivity index (χ1) is 21.4. The molecule has 0 saturated carbocycles. The van der Waals surface area contributed by atoms with E-state index in [1.807, 2.05) is 11.3 Å². The summed E-state index contributed by atoms with van der Waals surface area (Å²) in [6.45, 7) is 0. The minimum absolute atomic E-state index is 1.26. The van der Waals surface area contributed by atoms with E-state index < -0.39 is 0 Å². The predicted molar refractivity (Wildman–Crippen MR) is 188 cm³/mol. The molecular weight excluding hydrogens is 537 g/mol. The second-order valence-electron chi connectivity index (χ2n) is 11.2. The molecular formula is C42H26S. The van der Waals surface area contributed by atoms with Gasteiger partial charge in [0.2, 0.25) is 0 Å². The van der Waals surface area contributed by atoms with Crippen LogP contribution in [0.1, 0.15) is 0 Å². The van der Waals surface area contributed by atoms with Crippen molar-refractivity contribution in [3.05, 3.63) is 158 Å². The van der Waals surface area contributed by atoms with Crippen LogP contribution >= 0.6 is 11.3 Å². The Bertz CT molecular complexity index is 2450. The first kappa shape index (κ1) is 24.4. The third-order valence-electron chi connectivity index (χ3n) is 8.88. The van der Waals surface area contributed by atoms with Gasteiger partial charge in [0.15, 0.2) is 0 Å². The molecule has 0 radical (unpaired) electrons. The normalized spacial score (nSPS) is 11.7. The molecule has 43 heavy (non-hydrogen) atoms. The zero-order valence-electron chi connectivity index (χ0n) is 23.4. The lowest BCUT2D eigenvalue weighted by Gasteiger charge is -2.20. The molecule has 0 atom stereocenters. The van der Waals surface area contributed by atoms with Crippen LogP contribution in [0.25, 0.3) is 85.9 Å². The van der Waals surface area contributed by atoms with E-state index in [0.29, 0.717) is 0 Å². The molecule has 9 rings (SSSR count). The standard InChI is InChI=1S/C42H26S/c1-2-15-28-27(13-1)14-11-23-29(28)30-16-3-4-18-32(30)40-33-19-5-7-21-35(33)41(36-22-8-6-20-34(36)40)38-25-12-24-37-31-17-9-10-26-39(31)43-42(37)38/h1-26H. The number of benzene rings is 8. The van der Waals surface area contributed by atoms with Gasteiger partial charge >= 0.3 is 0 Å². The topological polar surface area (TPSA) is 0 Å². The molecule has 200 valence electrons. The van der Waals surface area contributed by atoms with Gasteiger partial charge in [-0.1, -0.05) is 152 Å². The first-order valence-corrected chi connectivity index (χ1v) is 15.6. The predicted octanol–water partition coefficient (Wildman–Crippen LogP) is 12.5. The molecule has 0 aliphatic heterocycles. The average molecular weight is 563 g/mol. The fourth-order valence-electron chi connectivity index (χ4n) is 7.05. The molecule has 1 heteroatoms. The Morgan fingerprint density at radius 3 is 1.44 bits per heavy atom. The van der Waals surface area contributed by atoms with Crippen LogP contribution in [0.2, 0.25) is 0 Å². The van der Waals surface area contributed by atoms with E-state index >= 15 is 0 Å². The van der Waals surface area contributed by atoms with E-state index in [0.717, 1.165) is 0 Å². The van der Waals surface area contributed by atoms with Crippen LogP contribution in [-0.2, 0) is 0 Å². The summed E-state index contributed by atoms with van der Waals surface area (Å²) in [6.07, 6.45) is 0. The highest BCUT2D eigenvalue weighted by Gasteiger charge is 2.21. The second-order valence-corrected chi connectivity index (χ2v) is 12.2. The summed E-state index contributed by atoms with van der Waals surface area (Å²) in [7, 11) is 0. The van der Waals surface area contributed by atoms with Gasteiger partial charge in [0.05, 0.1) is 0 Å². The Morgan fingerprint density at radius 1 is 0.279 bits per heavy atom. The van der Waals surface area contributed by atoms with Crippen LogP contribution < -0.4 is 0 Å². The van der Waals surface area contributed by atoms with Crippen molar-refractivity contribution in [1.82, 2.24) is 0 Å². The number of hydrogen-bond acceptors (Lipinski definition) is 1. The minimum Gasteiger partial charge on any atom is -0.135 e. The van der Waals surface area contributed by atoms with Gasteiger partial charge in [-0.05, 0) is 66.2 Å². The fourth-order valence-corrected chi connectivity index (χ4v) is 8.27. The summed E-state index contributed by atoms with van der Waals surface area (Å²) in [5, 5.41) is 10.3. The molecule has 0 N–H and O–H groups in total. The largest absolute Gasteiger partial charge is 0.135 e. The highest BCUT2D eigenvalue weighted by atomic mass is 32.1. The summed E-state index contributed by atoms with van der Waals surface area (Å²) < 4.78 is 2.68. The third kappa shape index (κ3) is 3.69. The van der Waals surface area contributed by atoms with E-state index in [1.165, 1.54) is 85.9 Å². The van der Waals surface area contributed by atoms with E-state index in [1.54, 1.807) is 0 Å². The molecule has 0 amide bonds. The molecule has 1 aromatic heterocycles. The van der Waals surface area contributed by atoms with Crippen molar-refractivity contribution in [1.29, 1.82) is 0 Å². The van der Waals surface area contributed by atoms with E-state index in [9.17, 15) is 0 Å². The number of fused-ring (bicyclic) bond motifs is 6. The molecule has 0 aliphatic carbocycles. The summed E-state index contributed by atoms with van der Waals surface area (Å²) >= 11 is 1.90. The third-order valence-corrected chi connectivity index (χ3v) is 10.1. The minimum atomic E-state index is 1.26. The Hall–Kier alpha value is -5.24. The van der Waals surface area contributed by atoms with Crippen molar-refractivity contribution in [3.8, 4) is 33.4 Å². The Kier molecular flexibility index (Phi) is 5.47. The molecule has 0 nitrogen and oxygen atoms in total. The van der Waals surface area contributed by atoms with Crippen molar-refractivity contribution in [2.75, 3.05) is 0 Å². The maximum absolute atomic E-state index is 2.32. The van der Waals surface area contributed by atoms with Crippen LogP contribution in [0.15, 0.2) is 158 Å². The van der Waals surface area contributed by atoms with Crippen LogP contribution in [0, 0.1) is 0 Å². The molecule has 9 aromatic rings. The first-order valence-electron chi connectivity index (χ1n) is 14.8. The number of rotatable bonds is 3. The lowest BCUT2D eigenvalue weighted by molar-refractivity contribution is 1.63. The SMILES string of the molecule is c1ccc(-c2c3ccccc3c(-c3cccc4c3sc3ccccc34)c3ccccc23)c(-c2cccc3ccccc23)c1. The van der Waals surface area contributed by atoms with Gasteiger partial charge in [0, 0.05) is 25.7 Å². The Balaban J connectivity index is 1.41. The average Bonchev–Trinajstić information content (AvgIpc) is 3.46. The zero-order chi connectivity index (χ0) is 28.3. The molecule has 0 aliphatic rings. The summed E-state index contributed by atoms with van der Waals surface area (Å²) in [5.74, 6) is 0. The van der Waals surface area contributed by atoms with Crippen LogP contribution in [-0.4, -0.2) is 0 Å². The van der Waals surface area contributed by atoms with Gasteiger partial charge in [-0.3, -0.25) is 0 Å². The lowest BCUT2D eigenvalue weighted by Crippen LogP contribution is -1.93. The molecule has 0 unspecified atom stereocenters. The quantitative estimate of drug-likeness (QED) is 0.188. The van der Waals surface area contributed by atoms with Crippen LogP contribution in [0.4, 0.5) is 0 Å². The molecule has 0 spiro atoms. The molecule has 8 aromatic carbocycles. The summed E-state index contributed by atoms with van der Waals surface area (Å²) in [5.41, 5.74) is 7.70. The Morgan fingerprint density at radius 2 is 0.721 bits per heavy atom. The van der Waals surface area contributed by atoms with Gasteiger partial charge in [-0.2, -0.15) is 0 Å². The maximum atomic E-state index is 2.32. The van der Waals surface area contributed by atoms with E-state index in [4.69, 9.17) is 0 Å². The molecule has 1 heterocycles. The van der Waals surface area contributed by atoms with Crippen LogP contribution in [0.3, 0.4) is 0 Å². The van der Waals surface area contributed by atoms with Gasteiger partial charge in [-0.15, -0.1) is 11.3 Å². The van der Waals surface area contributed by atoms with Crippen molar-refractivity contribution in [2.24, 2.45) is 0 Å². The van der Waals surface area contributed by atoms with Crippen molar-refractivity contribution in [2.45, 2.75) is 0 Å². The smallest absolute Gasteiger partial charge is 0.0434 e. The van der Waals surface area contributed by atoms with Gasteiger partial charge in [0.1, 0.15) is 0 Å². The zero-order valence-corrected chi connectivity index (χ0v) is 24.2.